The van der Waals surface area contributed by atoms with Gasteiger partial charge in [-0.15, -0.1) is 0 Å². The molecule has 0 aliphatic carbocycles. The van der Waals surface area contributed by atoms with Crippen LogP contribution in [0.15, 0.2) is 54.6 Å². The maximum absolute atomic E-state index is 6.17. The summed E-state index contributed by atoms with van der Waals surface area (Å²) < 4.78 is 6.17. The van der Waals surface area contributed by atoms with Crippen LogP contribution in [-0.2, 0) is 11.2 Å². The Balaban J connectivity index is 1.62. The fourth-order valence-electron chi connectivity index (χ4n) is 4.91. The molecule has 2 atom stereocenters. The third-order valence-electron chi connectivity index (χ3n) is 6.05. The fourth-order valence-corrected chi connectivity index (χ4v) is 4.91. The van der Waals surface area contributed by atoms with Crippen molar-refractivity contribution in [3.8, 4) is 0 Å². The molecule has 0 spiro atoms. The second kappa shape index (κ2) is 4.47. The zero-order valence-corrected chi connectivity index (χ0v) is 13.5. The molecule has 24 heavy (non-hydrogen) atoms. The van der Waals surface area contributed by atoms with Crippen LogP contribution >= 0.6 is 0 Å². The van der Waals surface area contributed by atoms with E-state index in [0.717, 1.165) is 26.0 Å². The number of rotatable bonds is 2. The van der Waals surface area contributed by atoms with Gasteiger partial charge < -0.3 is 10.1 Å². The summed E-state index contributed by atoms with van der Waals surface area (Å²) in [4.78, 5) is 0. The van der Waals surface area contributed by atoms with Crippen LogP contribution in [0.25, 0.3) is 32.3 Å². The second-order valence-corrected chi connectivity index (χ2v) is 7.53. The number of nitrogens with one attached hydrogen (secondary N) is 1. The summed E-state index contributed by atoms with van der Waals surface area (Å²) in [5, 5.41) is 11.8. The lowest BCUT2D eigenvalue weighted by Gasteiger charge is -2.27. The minimum absolute atomic E-state index is 0.00748. The number of morpholine rings is 1. The van der Waals surface area contributed by atoms with Gasteiger partial charge in [-0.25, -0.2) is 0 Å². The van der Waals surface area contributed by atoms with Crippen LogP contribution in [-0.4, -0.2) is 24.8 Å². The second-order valence-electron chi connectivity index (χ2n) is 7.53. The molecule has 2 saturated heterocycles. The largest absolute Gasteiger partial charge is 0.372 e. The van der Waals surface area contributed by atoms with Crippen molar-refractivity contribution in [2.75, 3.05) is 13.2 Å². The maximum Gasteiger partial charge on any atom is 0.0863 e. The normalized spacial score (nSPS) is 26.2. The highest BCUT2D eigenvalue weighted by Crippen LogP contribution is 2.39. The zero-order chi connectivity index (χ0) is 15.7. The molecule has 1 N–H and O–H groups in total. The van der Waals surface area contributed by atoms with E-state index in [1.165, 1.54) is 37.9 Å². The van der Waals surface area contributed by atoms with Gasteiger partial charge >= 0.3 is 0 Å². The van der Waals surface area contributed by atoms with Crippen molar-refractivity contribution < 1.29 is 4.74 Å². The Hall–Kier alpha value is -2.16. The first kappa shape index (κ1) is 13.2. The van der Waals surface area contributed by atoms with Crippen molar-refractivity contribution in [2.24, 2.45) is 0 Å². The molecule has 0 aromatic heterocycles. The topological polar surface area (TPSA) is 21.3 Å². The van der Waals surface area contributed by atoms with E-state index in [1.807, 2.05) is 0 Å². The number of fused-ring (bicyclic) bond motifs is 2. The van der Waals surface area contributed by atoms with Gasteiger partial charge in [-0.2, -0.15) is 0 Å². The van der Waals surface area contributed by atoms with E-state index < -0.39 is 0 Å². The first-order chi connectivity index (χ1) is 11.8. The van der Waals surface area contributed by atoms with Gasteiger partial charge in [-0.05, 0) is 44.3 Å². The lowest BCUT2D eigenvalue weighted by molar-refractivity contribution is -0.00499. The van der Waals surface area contributed by atoms with Gasteiger partial charge in [0.05, 0.1) is 12.2 Å². The van der Waals surface area contributed by atoms with Crippen molar-refractivity contribution >= 4 is 32.3 Å². The predicted molar refractivity (Wildman–Crippen MR) is 98.9 cm³/mol. The lowest BCUT2D eigenvalue weighted by Crippen LogP contribution is -2.40. The lowest BCUT2D eigenvalue weighted by atomic mass is 9.87. The van der Waals surface area contributed by atoms with E-state index >= 15 is 0 Å². The average molecular weight is 313 g/mol. The summed E-state index contributed by atoms with van der Waals surface area (Å²) in [5.74, 6) is 0. The van der Waals surface area contributed by atoms with E-state index in [0.29, 0.717) is 6.04 Å². The van der Waals surface area contributed by atoms with Crippen LogP contribution in [0.5, 0.6) is 0 Å². The van der Waals surface area contributed by atoms with Crippen LogP contribution in [0.2, 0.25) is 0 Å². The molecular weight excluding hydrogens is 294 g/mol. The Labute approximate surface area is 140 Å². The standard InChI is InChI=1S/C22H19NO/c1-2-14-4-5-16-6-7-17(10-22-11-18(12-24-22)23-13-22)19-9-8-15(3-1)20(14)21(16)19/h1-9,18,23H,10-13H2. The van der Waals surface area contributed by atoms with E-state index in [1.54, 1.807) is 0 Å². The molecule has 4 aromatic carbocycles. The highest BCUT2D eigenvalue weighted by Gasteiger charge is 2.46. The van der Waals surface area contributed by atoms with E-state index in [-0.39, 0.29) is 5.60 Å². The molecule has 2 aliphatic heterocycles. The number of hydrogen-bond donors (Lipinski definition) is 1. The monoisotopic (exact) mass is 313 g/mol. The van der Waals surface area contributed by atoms with Gasteiger partial charge in [-0.3, -0.25) is 0 Å². The number of ether oxygens (including phenoxy) is 1. The Morgan fingerprint density at radius 2 is 1.67 bits per heavy atom. The SMILES string of the molecule is c1cc2ccc3ccc(CC45CNC(CO4)C5)c4ccc(c1)c2c34. The van der Waals surface area contributed by atoms with E-state index in [4.69, 9.17) is 4.74 Å². The van der Waals surface area contributed by atoms with Crippen molar-refractivity contribution in [1.82, 2.24) is 5.32 Å². The average Bonchev–Trinajstić information content (AvgIpc) is 3.21. The van der Waals surface area contributed by atoms with Gasteiger partial charge in [0.1, 0.15) is 0 Å². The Kier molecular flexibility index (Phi) is 2.45. The first-order valence-electron chi connectivity index (χ1n) is 8.84. The summed E-state index contributed by atoms with van der Waals surface area (Å²) in [7, 11) is 0. The smallest absolute Gasteiger partial charge is 0.0863 e. The fraction of sp³-hybridized carbons (Fsp3) is 0.273. The summed E-state index contributed by atoms with van der Waals surface area (Å²) in [6.07, 6.45) is 2.15. The molecule has 118 valence electrons. The van der Waals surface area contributed by atoms with E-state index in [2.05, 4.69) is 59.9 Å². The van der Waals surface area contributed by atoms with Crippen molar-refractivity contribution in [1.29, 1.82) is 0 Å². The molecule has 2 bridgehead atoms. The molecule has 2 fully saturated rings. The molecule has 2 heteroatoms. The van der Waals surface area contributed by atoms with Crippen LogP contribution in [0.4, 0.5) is 0 Å². The summed E-state index contributed by atoms with van der Waals surface area (Å²) >= 11 is 0. The molecule has 6 rings (SSSR count). The minimum Gasteiger partial charge on any atom is -0.372 e. The van der Waals surface area contributed by atoms with Gasteiger partial charge in [0.2, 0.25) is 0 Å². The molecular formula is C22H19NO. The van der Waals surface area contributed by atoms with Crippen molar-refractivity contribution in [3.05, 3.63) is 60.2 Å². The predicted octanol–water partition coefficient (Wildman–Crippen LogP) is 4.26. The van der Waals surface area contributed by atoms with Crippen LogP contribution in [0.1, 0.15) is 12.0 Å². The number of benzene rings is 4. The van der Waals surface area contributed by atoms with Crippen molar-refractivity contribution in [2.45, 2.75) is 24.5 Å². The summed E-state index contributed by atoms with van der Waals surface area (Å²) in [6.45, 7) is 1.85. The Morgan fingerprint density at radius 1 is 0.917 bits per heavy atom. The van der Waals surface area contributed by atoms with Gasteiger partial charge in [0.15, 0.2) is 0 Å². The molecule has 2 unspecified atom stereocenters. The maximum atomic E-state index is 6.17. The Bertz CT molecular complexity index is 1060. The molecule has 0 amide bonds. The molecule has 2 nitrogen and oxygen atoms in total. The van der Waals surface area contributed by atoms with Gasteiger partial charge in [0, 0.05) is 19.0 Å². The molecule has 0 radical (unpaired) electrons. The highest BCUT2D eigenvalue weighted by atomic mass is 16.5. The molecule has 2 aliphatic rings. The van der Waals surface area contributed by atoms with Crippen molar-refractivity contribution in [3.63, 3.8) is 0 Å². The quantitative estimate of drug-likeness (QED) is 0.558. The minimum atomic E-state index is 0.00748. The molecule has 4 aromatic rings. The highest BCUT2D eigenvalue weighted by molar-refractivity contribution is 6.23. The first-order valence-corrected chi connectivity index (χ1v) is 8.84. The van der Waals surface area contributed by atoms with Gasteiger partial charge in [-0.1, -0.05) is 54.6 Å². The molecule has 2 heterocycles. The Morgan fingerprint density at radius 3 is 2.38 bits per heavy atom. The van der Waals surface area contributed by atoms with Crippen LogP contribution in [0, 0.1) is 0 Å². The van der Waals surface area contributed by atoms with Crippen LogP contribution in [0.3, 0.4) is 0 Å². The third kappa shape index (κ3) is 1.68. The van der Waals surface area contributed by atoms with E-state index in [9.17, 15) is 0 Å². The van der Waals surface area contributed by atoms with Gasteiger partial charge in [0.25, 0.3) is 0 Å². The zero-order valence-electron chi connectivity index (χ0n) is 13.5. The third-order valence-corrected chi connectivity index (χ3v) is 6.05. The summed E-state index contributed by atoms with van der Waals surface area (Å²) in [5.41, 5.74) is 1.43. The van der Waals surface area contributed by atoms with Crippen LogP contribution < -0.4 is 5.32 Å². The molecule has 0 saturated carbocycles. The summed E-state index contributed by atoms with van der Waals surface area (Å²) in [6, 6.07) is 20.8. The number of hydrogen-bond acceptors (Lipinski definition) is 2.